The molecule has 9 heteroatoms. The number of halogens is 4. The Morgan fingerprint density at radius 1 is 1.35 bits per heavy atom. The Morgan fingerprint density at radius 3 is 2.65 bits per heavy atom. The van der Waals surface area contributed by atoms with Crippen LogP contribution in [0.1, 0.15) is 17.5 Å². The van der Waals surface area contributed by atoms with Gasteiger partial charge in [-0.15, -0.1) is 0 Å². The van der Waals surface area contributed by atoms with Crippen molar-refractivity contribution in [1.29, 1.82) is 0 Å². The quantitative estimate of drug-likeness (QED) is 0.773. The molecule has 1 atom stereocenters. The van der Waals surface area contributed by atoms with Crippen molar-refractivity contribution >= 4 is 11.8 Å². The van der Waals surface area contributed by atoms with E-state index in [4.69, 9.17) is 0 Å². The standard InChI is InChI=1S/C17H21F4N3O2/c1-23(2)6-7-24-10-12(8-14(24)25)16(26)22-9-11-4-3-5-13(15(11)18)17(19,20)21/h3-5,12H,6-10H2,1-2H3,(H,22,26)/t12-/m0/s1. The predicted molar refractivity (Wildman–Crippen MR) is 86.5 cm³/mol. The second-order valence-electron chi connectivity index (χ2n) is 6.54. The Balaban J connectivity index is 1.95. The summed E-state index contributed by atoms with van der Waals surface area (Å²) in [4.78, 5) is 27.6. The molecule has 0 aliphatic carbocycles. The number of nitrogens with one attached hydrogen (secondary N) is 1. The van der Waals surface area contributed by atoms with Crippen LogP contribution in [0.25, 0.3) is 0 Å². The van der Waals surface area contributed by atoms with Gasteiger partial charge in [0.2, 0.25) is 11.8 Å². The van der Waals surface area contributed by atoms with Gasteiger partial charge in [-0.25, -0.2) is 4.39 Å². The number of hydrogen-bond donors (Lipinski definition) is 1. The number of benzene rings is 1. The highest BCUT2D eigenvalue weighted by Crippen LogP contribution is 2.32. The fourth-order valence-electron chi connectivity index (χ4n) is 2.75. The number of carbonyl (C=O) groups is 2. The largest absolute Gasteiger partial charge is 0.419 e. The third-order valence-corrected chi connectivity index (χ3v) is 4.24. The van der Waals surface area contributed by atoms with Crippen molar-refractivity contribution in [1.82, 2.24) is 15.1 Å². The van der Waals surface area contributed by atoms with Gasteiger partial charge >= 0.3 is 6.18 Å². The number of amides is 2. The zero-order chi connectivity index (χ0) is 19.5. The second kappa shape index (κ2) is 8.03. The molecule has 0 saturated carbocycles. The first-order valence-corrected chi connectivity index (χ1v) is 8.14. The summed E-state index contributed by atoms with van der Waals surface area (Å²) in [5.74, 6) is -2.59. The Kier molecular flexibility index (Phi) is 6.22. The molecule has 26 heavy (non-hydrogen) atoms. The van der Waals surface area contributed by atoms with Gasteiger partial charge in [-0.2, -0.15) is 13.2 Å². The van der Waals surface area contributed by atoms with E-state index in [0.29, 0.717) is 19.2 Å². The maximum atomic E-state index is 14.0. The SMILES string of the molecule is CN(C)CCN1C[C@@H](C(=O)NCc2cccc(C(F)(F)F)c2F)CC1=O. The van der Waals surface area contributed by atoms with Crippen molar-refractivity contribution in [3.8, 4) is 0 Å². The van der Waals surface area contributed by atoms with Crippen LogP contribution in [0.3, 0.4) is 0 Å². The van der Waals surface area contributed by atoms with Crippen LogP contribution in [0.4, 0.5) is 17.6 Å². The molecule has 1 N–H and O–H groups in total. The van der Waals surface area contributed by atoms with Crippen LogP contribution in [-0.2, 0) is 22.3 Å². The summed E-state index contributed by atoms with van der Waals surface area (Å²) in [5, 5.41) is 2.43. The van der Waals surface area contributed by atoms with Gasteiger partial charge in [0.05, 0.1) is 11.5 Å². The van der Waals surface area contributed by atoms with Crippen LogP contribution < -0.4 is 5.32 Å². The molecule has 1 saturated heterocycles. The van der Waals surface area contributed by atoms with Gasteiger partial charge in [0.15, 0.2) is 0 Å². The van der Waals surface area contributed by atoms with E-state index in [1.54, 1.807) is 4.90 Å². The molecular weight excluding hydrogens is 354 g/mol. The molecule has 0 radical (unpaired) electrons. The molecule has 1 aromatic carbocycles. The molecule has 0 unspecified atom stereocenters. The summed E-state index contributed by atoms with van der Waals surface area (Å²) in [6.45, 7) is 1.05. The van der Waals surface area contributed by atoms with Crippen molar-refractivity contribution < 1.29 is 27.2 Å². The molecule has 1 aromatic rings. The van der Waals surface area contributed by atoms with Crippen LogP contribution in [-0.4, -0.2) is 55.3 Å². The first kappa shape index (κ1) is 20.2. The third kappa shape index (κ3) is 4.94. The minimum absolute atomic E-state index is 0.0460. The van der Waals surface area contributed by atoms with Gasteiger partial charge in [-0.05, 0) is 20.2 Å². The van der Waals surface area contributed by atoms with Crippen molar-refractivity contribution in [2.24, 2.45) is 5.92 Å². The lowest BCUT2D eigenvalue weighted by Gasteiger charge is -2.19. The fourth-order valence-corrected chi connectivity index (χ4v) is 2.75. The molecule has 2 rings (SSSR count). The number of alkyl halides is 3. The van der Waals surface area contributed by atoms with E-state index in [-0.39, 0.29) is 31.0 Å². The Morgan fingerprint density at radius 2 is 2.04 bits per heavy atom. The zero-order valence-electron chi connectivity index (χ0n) is 14.6. The van der Waals surface area contributed by atoms with Gasteiger partial charge in [0, 0.05) is 38.2 Å². The summed E-state index contributed by atoms with van der Waals surface area (Å²) in [6, 6.07) is 2.93. The molecule has 5 nitrogen and oxygen atoms in total. The first-order valence-electron chi connectivity index (χ1n) is 8.14. The van der Waals surface area contributed by atoms with E-state index in [2.05, 4.69) is 5.32 Å². The summed E-state index contributed by atoms with van der Waals surface area (Å²) in [5.41, 5.74) is -1.61. The van der Waals surface area contributed by atoms with Crippen molar-refractivity contribution in [3.63, 3.8) is 0 Å². The van der Waals surface area contributed by atoms with Crippen LogP contribution in [0.15, 0.2) is 18.2 Å². The number of likely N-dealkylation sites (tertiary alicyclic amines) is 1. The average molecular weight is 375 g/mol. The highest BCUT2D eigenvalue weighted by Gasteiger charge is 2.36. The van der Waals surface area contributed by atoms with Gasteiger partial charge in [0.1, 0.15) is 5.82 Å². The first-order chi connectivity index (χ1) is 12.1. The molecule has 0 spiro atoms. The summed E-state index contributed by atoms with van der Waals surface area (Å²) in [6.07, 6.45) is -4.75. The Bertz CT molecular complexity index is 676. The maximum Gasteiger partial charge on any atom is 0.419 e. The number of hydrogen-bond acceptors (Lipinski definition) is 3. The predicted octanol–water partition coefficient (Wildman–Crippen LogP) is 1.87. The fraction of sp³-hybridized carbons (Fsp3) is 0.529. The van der Waals surface area contributed by atoms with Crippen LogP contribution in [0, 0.1) is 11.7 Å². The smallest absolute Gasteiger partial charge is 0.352 e. The van der Waals surface area contributed by atoms with E-state index in [1.807, 2.05) is 19.0 Å². The summed E-state index contributed by atoms with van der Waals surface area (Å²) < 4.78 is 52.1. The second-order valence-corrected chi connectivity index (χ2v) is 6.54. The Labute approximate surface area is 148 Å². The van der Waals surface area contributed by atoms with Gasteiger partial charge in [-0.1, -0.05) is 12.1 Å². The van der Waals surface area contributed by atoms with Gasteiger partial charge in [-0.3, -0.25) is 9.59 Å². The van der Waals surface area contributed by atoms with Crippen molar-refractivity contribution in [3.05, 3.63) is 35.1 Å². The van der Waals surface area contributed by atoms with E-state index in [0.717, 1.165) is 6.07 Å². The molecule has 1 heterocycles. The van der Waals surface area contributed by atoms with E-state index in [1.165, 1.54) is 6.07 Å². The summed E-state index contributed by atoms with van der Waals surface area (Å²) in [7, 11) is 3.74. The minimum atomic E-state index is -4.80. The number of likely N-dealkylation sites (N-methyl/N-ethyl adjacent to an activating group) is 1. The number of carbonyl (C=O) groups excluding carboxylic acids is 2. The lowest BCUT2D eigenvalue weighted by molar-refractivity contribution is -0.140. The third-order valence-electron chi connectivity index (χ3n) is 4.24. The average Bonchev–Trinajstić information content (AvgIpc) is 2.91. The molecule has 1 fully saturated rings. The molecule has 2 amide bonds. The van der Waals surface area contributed by atoms with Gasteiger partial charge < -0.3 is 15.1 Å². The van der Waals surface area contributed by atoms with Crippen LogP contribution in [0.2, 0.25) is 0 Å². The Hall–Kier alpha value is -2.16. The van der Waals surface area contributed by atoms with Crippen LogP contribution in [0.5, 0.6) is 0 Å². The zero-order valence-corrected chi connectivity index (χ0v) is 14.6. The molecular formula is C17H21F4N3O2. The maximum absolute atomic E-state index is 14.0. The molecule has 1 aliphatic heterocycles. The highest BCUT2D eigenvalue weighted by atomic mass is 19.4. The van der Waals surface area contributed by atoms with E-state index in [9.17, 15) is 27.2 Å². The van der Waals surface area contributed by atoms with Gasteiger partial charge in [0.25, 0.3) is 0 Å². The van der Waals surface area contributed by atoms with E-state index < -0.39 is 29.4 Å². The minimum Gasteiger partial charge on any atom is -0.352 e. The lowest BCUT2D eigenvalue weighted by Crippen LogP contribution is -2.35. The normalized spacial score (nSPS) is 17.9. The highest BCUT2D eigenvalue weighted by molar-refractivity contribution is 5.89. The molecule has 0 bridgehead atoms. The molecule has 1 aliphatic rings. The van der Waals surface area contributed by atoms with Crippen molar-refractivity contribution in [2.75, 3.05) is 33.7 Å². The van der Waals surface area contributed by atoms with Crippen LogP contribution >= 0.6 is 0 Å². The molecule has 0 aromatic heterocycles. The van der Waals surface area contributed by atoms with Crippen molar-refractivity contribution in [2.45, 2.75) is 19.1 Å². The molecule has 144 valence electrons. The number of rotatable bonds is 6. The topological polar surface area (TPSA) is 52.6 Å². The number of nitrogens with zero attached hydrogens (tertiary/aromatic N) is 2. The summed E-state index contributed by atoms with van der Waals surface area (Å²) >= 11 is 0. The lowest BCUT2D eigenvalue weighted by atomic mass is 10.1. The monoisotopic (exact) mass is 375 g/mol. The van der Waals surface area contributed by atoms with E-state index >= 15 is 0 Å².